The Hall–Kier alpha value is -4.06. The van der Waals surface area contributed by atoms with E-state index in [0.717, 1.165) is 28.0 Å². The zero-order chi connectivity index (χ0) is 26.8. The molecule has 39 heavy (non-hydrogen) atoms. The Morgan fingerprint density at radius 1 is 0.795 bits per heavy atom. The summed E-state index contributed by atoms with van der Waals surface area (Å²) < 4.78 is 6.19. The fourth-order valence-corrected chi connectivity index (χ4v) is 5.74. The van der Waals surface area contributed by atoms with Crippen molar-refractivity contribution in [2.45, 2.75) is 37.6 Å². The Bertz CT molecular complexity index is 1440. The van der Waals surface area contributed by atoms with Gasteiger partial charge in [-0.15, -0.1) is 0 Å². The van der Waals surface area contributed by atoms with Gasteiger partial charge in [0.25, 0.3) is 0 Å². The monoisotopic (exact) mass is 532 g/mol. The minimum Gasteiger partial charge on any atom is -0.367 e. The van der Waals surface area contributed by atoms with Crippen LogP contribution in [0.5, 0.6) is 0 Å². The first-order valence-corrected chi connectivity index (χ1v) is 13.5. The van der Waals surface area contributed by atoms with Crippen molar-refractivity contribution < 1.29 is 4.74 Å². The third kappa shape index (κ3) is 4.58. The van der Waals surface area contributed by atoms with Gasteiger partial charge in [0.1, 0.15) is 22.7 Å². The third-order valence-corrected chi connectivity index (χ3v) is 7.32. The van der Waals surface area contributed by atoms with Gasteiger partial charge in [0.2, 0.25) is 0 Å². The fourth-order valence-electron chi connectivity index (χ4n) is 5.59. The van der Waals surface area contributed by atoms with Crippen molar-refractivity contribution >= 4 is 17.3 Å². The van der Waals surface area contributed by atoms with Crippen molar-refractivity contribution in [3.8, 4) is 0 Å². The highest BCUT2D eigenvalue weighted by molar-refractivity contribution is 6.30. The summed E-state index contributed by atoms with van der Waals surface area (Å²) in [5.74, 6) is 0. The van der Waals surface area contributed by atoms with Gasteiger partial charge < -0.3 is 4.74 Å². The van der Waals surface area contributed by atoms with Crippen molar-refractivity contribution in [3.05, 3.63) is 155 Å². The normalized spacial score (nSPS) is 18.6. The van der Waals surface area contributed by atoms with Crippen LogP contribution in [-0.4, -0.2) is 38.9 Å². The Morgan fingerprint density at radius 3 is 1.87 bits per heavy atom. The maximum atomic E-state index is 6.33. The maximum absolute atomic E-state index is 6.33. The van der Waals surface area contributed by atoms with E-state index in [1.807, 2.05) is 32.0 Å². The van der Waals surface area contributed by atoms with Crippen LogP contribution in [0.2, 0.25) is 5.15 Å². The van der Waals surface area contributed by atoms with E-state index in [-0.39, 0.29) is 18.2 Å². The van der Waals surface area contributed by atoms with Gasteiger partial charge in [-0.05, 0) is 36.6 Å². The van der Waals surface area contributed by atoms with Crippen LogP contribution < -0.4 is 0 Å². The van der Waals surface area contributed by atoms with E-state index in [0.29, 0.717) is 10.8 Å². The SMILES string of the molecule is CC(C)OC1C=CC2C(=C1)C(c1cc(Cl)ncn1)=NN2C(c1ccccc1)(c1ccccc1)c1ccccc1. The fraction of sp³-hybridized carbons (Fsp3) is 0.182. The second kappa shape index (κ2) is 10.6. The number of ether oxygens (including phenoxy) is 1. The largest absolute Gasteiger partial charge is 0.367 e. The van der Waals surface area contributed by atoms with Crippen LogP contribution >= 0.6 is 11.6 Å². The summed E-state index contributed by atoms with van der Waals surface area (Å²) in [6.07, 6.45) is 7.88. The molecule has 5 nitrogen and oxygen atoms in total. The molecule has 2 aliphatic rings. The summed E-state index contributed by atoms with van der Waals surface area (Å²) in [5, 5.41) is 7.97. The van der Waals surface area contributed by atoms with E-state index in [1.165, 1.54) is 6.33 Å². The Kier molecular flexibility index (Phi) is 6.86. The molecule has 3 aromatic carbocycles. The van der Waals surface area contributed by atoms with Gasteiger partial charge in [-0.2, -0.15) is 5.10 Å². The number of nitrogens with zero attached hydrogens (tertiary/aromatic N) is 4. The number of aromatic nitrogens is 2. The Balaban J connectivity index is 1.64. The predicted octanol–water partition coefficient (Wildman–Crippen LogP) is 6.80. The van der Waals surface area contributed by atoms with Gasteiger partial charge in [-0.3, -0.25) is 5.01 Å². The van der Waals surface area contributed by atoms with E-state index in [2.05, 4.69) is 106 Å². The standard InChI is InChI=1S/C33H29ClN4O/c1-23(2)39-27-18-19-30-28(20-27)32(29-21-31(34)36-22-35-29)37-38(30)33(24-12-6-3-7-13-24,25-14-8-4-9-15-25)26-16-10-5-11-17-26/h3-23,27,30H,1-2H3. The first-order valence-electron chi connectivity index (χ1n) is 13.2. The van der Waals surface area contributed by atoms with Crippen LogP contribution in [0.25, 0.3) is 0 Å². The molecule has 6 rings (SSSR count). The second-order valence-electron chi connectivity index (χ2n) is 9.93. The quantitative estimate of drug-likeness (QED) is 0.149. The number of halogens is 1. The summed E-state index contributed by atoms with van der Waals surface area (Å²) in [4.78, 5) is 8.68. The molecule has 2 unspecified atom stereocenters. The van der Waals surface area contributed by atoms with E-state index >= 15 is 0 Å². The molecule has 0 fully saturated rings. The summed E-state index contributed by atoms with van der Waals surface area (Å²) >= 11 is 6.33. The number of fused-ring (bicyclic) bond motifs is 1. The zero-order valence-corrected chi connectivity index (χ0v) is 22.6. The molecule has 2 atom stereocenters. The number of benzene rings is 3. The molecule has 0 radical (unpaired) electrons. The van der Waals surface area contributed by atoms with Gasteiger partial charge in [-0.25, -0.2) is 9.97 Å². The minimum absolute atomic E-state index is 0.0801. The summed E-state index contributed by atoms with van der Waals surface area (Å²) in [7, 11) is 0. The lowest BCUT2D eigenvalue weighted by molar-refractivity contribution is 0.0583. The summed E-state index contributed by atoms with van der Waals surface area (Å²) in [6, 6.07) is 33.3. The number of rotatable bonds is 7. The lowest BCUT2D eigenvalue weighted by atomic mass is 9.75. The average Bonchev–Trinajstić information content (AvgIpc) is 3.34. The van der Waals surface area contributed by atoms with Crippen molar-refractivity contribution in [2.24, 2.45) is 5.10 Å². The summed E-state index contributed by atoms with van der Waals surface area (Å²) in [6.45, 7) is 4.09. The summed E-state index contributed by atoms with van der Waals surface area (Å²) in [5.41, 5.74) is 5.07. The number of hydrogen-bond acceptors (Lipinski definition) is 5. The molecule has 0 bridgehead atoms. The van der Waals surface area contributed by atoms with E-state index in [4.69, 9.17) is 21.4 Å². The molecular formula is C33H29ClN4O. The molecule has 0 saturated heterocycles. The molecule has 194 valence electrons. The highest BCUT2D eigenvalue weighted by Crippen LogP contribution is 2.48. The van der Waals surface area contributed by atoms with Crippen LogP contribution in [-0.2, 0) is 10.3 Å². The molecule has 1 aliphatic carbocycles. The van der Waals surface area contributed by atoms with Crippen molar-refractivity contribution in [1.82, 2.24) is 15.0 Å². The predicted molar refractivity (Wildman–Crippen MR) is 156 cm³/mol. The van der Waals surface area contributed by atoms with Gasteiger partial charge in [0.05, 0.1) is 23.9 Å². The van der Waals surface area contributed by atoms with E-state index in [1.54, 1.807) is 6.07 Å². The molecule has 0 amide bonds. The van der Waals surface area contributed by atoms with Crippen LogP contribution in [0, 0.1) is 0 Å². The third-order valence-electron chi connectivity index (χ3n) is 7.11. The minimum atomic E-state index is -0.734. The molecule has 2 heterocycles. The van der Waals surface area contributed by atoms with Gasteiger partial charge in [-0.1, -0.05) is 115 Å². The molecule has 4 aromatic rings. The maximum Gasteiger partial charge on any atom is 0.134 e. The van der Waals surface area contributed by atoms with Crippen LogP contribution in [0.4, 0.5) is 0 Å². The lowest BCUT2D eigenvalue weighted by Crippen LogP contribution is -2.48. The van der Waals surface area contributed by atoms with Crippen molar-refractivity contribution in [1.29, 1.82) is 0 Å². The second-order valence-corrected chi connectivity index (χ2v) is 10.3. The first kappa shape index (κ1) is 25.2. The smallest absolute Gasteiger partial charge is 0.134 e. The number of hydrogen-bond donors (Lipinski definition) is 0. The molecule has 6 heteroatoms. The first-order chi connectivity index (χ1) is 19.1. The topological polar surface area (TPSA) is 50.6 Å². The van der Waals surface area contributed by atoms with Crippen LogP contribution in [0.1, 0.15) is 36.2 Å². The zero-order valence-electron chi connectivity index (χ0n) is 21.9. The van der Waals surface area contributed by atoms with Gasteiger partial charge in [0, 0.05) is 11.6 Å². The van der Waals surface area contributed by atoms with Crippen molar-refractivity contribution in [3.63, 3.8) is 0 Å². The van der Waals surface area contributed by atoms with E-state index in [9.17, 15) is 0 Å². The van der Waals surface area contributed by atoms with E-state index < -0.39 is 5.54 Å². The molecular weight excluding hydrogens is 504 g/mol. The number of hydrazone groups is 1. The van der Waals surface area contributed by atoms with Gasteiger partial charge >= 0.3 is 0 Å². The lowest BCUT2D eigenvalue weighted by Gasteiger charge is -2.45. The molecule has 0 saturated carbocycles. The molecule has 0 spiro atoms. The highest BCUT2D eigenvalue weighted by Gasteiger charge is 2.49. The Labute approximate surface area is 234 Å². The van der Waals surface area contributed by atoms with Crippen LogP contribution in [0.3, 0.4) is 0 Å². The van der Waals surface area contributed by atoms with Crippen LogP contribution in [0.15, 0.2) is 132 Å². The average molecular weight is 533 g/mol. The molecule has 1 aromatic heterocycles. The molecule has 1 aliphatic heterocycles. The molecule has 0 N–H and O–H groups in total. The van der Waals surface area contributed by atoms with Gasteiger partial charge in [0.15, 0.2) is 0 Å². The van der Waals surface area contributed by atoms with Crippen molar-refractivity contribution in [2.75, 3.05) is 0 Å². The Morgan fingerprint density at radius 2 is 1.36 bits per heavy atom. The highest BCUT2D eigenvalue weighted by atomic mass is 35.5.